The molecule has 10 heteroatoms. The van der Waals surface area contributed by atoms with Gasteiger partial charge in [-0.25, -0.2) is 13.1 Å². The molecule has 6 nitrogen and oxygen atoms in total. The quantitative estimate of drug-likeness (QED) is 0.662. The van der Waals surface area contributed by atoms with Crippen molar-refractivity contribution < 1.29 is 13.2 Å². The second-order valence-electron chi connectivity index (χ2n) is 3.59. The molecule has 0 aliphatic rings. The predicted molar refractivity (Wildman–Crippen MR) is 81.1 cm³/mol. The van der Waals surface area contributed by atoms with Gasteiger partial charge in [-0.1, -0.05) is 0 Å². The largest absolute Gasteiger partial charge is 0.351 e. The van der Waals surface area contributed by atoms with Gasteiger partial charge in [0, 0.05) is 12.6 Å². The topological polar surface area (TPSA) is 101 Å². The Morgan fingerprint density at radius 3 is 2.63 bits per heavy atom. The fourth-order valence-electron chi connectivity index (χ4n) is 1.06. The molecule has 1 heterocycles. The van der Waals surface area contributed by atoms with E-state index in [0.29, 0.717) is 10.3 Å². The van der Waals surface area contributed by atoms with Gasteiger partial charge in [0.2, 0.25) is 5.91 Å². The molecule has 1 atom stereocenters. The molecule has 1 aromatic rings. The van der Waals surface area contributed by atoms with Gasteiger partial charge in [0.1, 0.15) is 4.21 Å². The Morgan fingerprint density at radius 1 is 1.53 bits per heavy atom. The molecular weight excluding hydrogens is 378 g/mol. The minimum absolute atomic E-state index is 0. The number of hydrogen-bond acceptors (Lipinski definition) is 5. The summed E-state index contributed by atoms with van der Waals surface area (Å²) in [4.78, 5) is 11.4. The van der Waals surface area contributed by atoms with E-state index in [0.717, 1.165) is 11.3 Å². The molecule has 1 rings (SSSR count). The van der Waals surface area contributed by atoms with Crippen LogP contribution in [0.1, 0.15) is 6.92 Å². The Kier molecular flexibility index (Phi) is 8.09. The molecule has 110 valence electrons. The van der Waals surface area contributed by atoms with Crippen molar-refractivity contribution in [1.82, 2.24) is 10.0 Å². The van der Waals surface area contributed by atoms with Gasteiger partial charge in [-0.3, -0.25) is 4.79 Å². The highest BCUT2D eigenvalue weighted by Gasteiger charge is 2.17. The molecule has 0 bridgehead atoms. The van der Waals surface area contributed by atoms with E-state index in [4.69, 9.17) is 5.73 Å². The van der Waals surface area contributed by atoms with E-state index >= 15 is 0 Å². The molecule has 1 amide bonds. The van der Waals surface area contributed by atoms with Gasteiger partial charge in [0.15, 0.2) is 0 Å². The summed E-state index contributed by atoms with van der Waals surface area (Å²) in [5, 5.41) is 2.56. The Morgan fingerprint density at radius 2 is 2.16 bits per heavy atom. The van der Waals surface area contributed by atoms with Crippen LogP contribution in [0.5, 0.6) is 0 Å². The summed E-state index contributed by atoms with van der Waals surface area (Å²) in [7, 11) is -3.63. The number of sulfonamides is 1. The van der Waals surface area contributed by atoms with E-state index in [9.17, 15) is 13.2 Å². The molecule has 0 saturated heterocycles. The second kappa shape index (κ2) is 8.18. The summed E-state index contributed by atoms with van der Waals surface area (Å²) in [5.41, 5.74) is 5.34. The van der Waals surface area contributed by atoms with Crippen LogP contribution in [0.4, 0.5) is 0 Å². The van der Waals surface area contributed by atoms with Gasteiger partial charge in [-0.2, -0.15) is 0 Å². The molecule has 0 radical (unpaired) electrons. The van der Waals surface area contributed by atoms with Crippen molar-refractivity contribution in [1.29, 1.82) is 0 Å². The molecule has 0 aliphatic heterocycles. The van der Waals surface area contributed by atoms with Gasteiger partial charge in [-0.05, 0) is 35.0 Å². The average Bonchev–Trinajstić information content (AvgIpc) is 2.74. The number of carbonyl (C=O) groups excluding carboxylic acids is 1. The number of nitrogens with two attached hydrogens (primary N) is 1. The molecule has 0 saturated carbocycles. The van der Waals surface area contributed by atoms with Gasteiger partial charge in [-0.15, -0.1) is 23.7 Å². The van der Waals surface area contributed by atoms with E-state index in [1.807, 2.05) is 0 Å². The Bertz CT molecular complexity index is 521. The van der Waals surface area contributed by atoms with Crippen LogP contribution in [0.3, 0.4) is 0 Å². The monoisotopic (exact) mass is 391 g/mol. The number of hydrogen-bond donors (Lipinski definition) is 3. The first-order chi connectivity index (χ1) is 8.35. The molecule has 0 fully saturated rings. The maximum absolute atomic E-state index is 11.8. The molecule has 19 heavy (non-hydrogen) atoms. The number of carbonyl (C=O) groups is 1. The zero-order valence-electron chi connectivity index (χ0n) is 10.1. The van der Waals surface area contributed by atoms with Crippen LogP contribution in [-0.4, -0.2) is 33.5 Å². The lowest BCUT2D eigenvalue weighted by Gasteiger charge is -2.11. The van der Waals surface area contributed by atoms with Crippen molar-refractivity contribution in [3.8, 4) is 0 Å². The molecule has 0 spiro atoms. The van der Waals surface area contributed by atoms with Crippen molar-refractivity contribution in [3.63, 3.8) is 0 Å². The van der Waals surface area contributed by atoms with Gasteiger partial charge >= 0.3 is 0 Å². The number of rotatable bonds is 6. The highest BCUT2D eigenvalue weighted by Crippen LogP contribution is 2.25. The highest BCUT2D eigenvalue weighted by atomic mass is 79.9. The summed E-state index contributed by atoms with van der Waals surface area (Å²) in [6.07, 6.45) is 0. The lowest BCUT2D eigenvalue weighted by atomic mass is 10.3. The lowest BCUT2D eigenvalue weighted by Crippen LogP contribution is -2.43. The smallest absolute Gasteiger partial charge is 0.250 e. The Labute approximate surface area is 130 Å². The van der Waals surface area contributed by atoms with Crippen molar-refractivity contribution in [2.75, 3.05) is 13.1 Å². The number of amides is 1. The first-order valence-corrected chi connectivity index (χ1v) is 8.19. The van der Waals surface area contributed by atoms with Crippen LogP contribution in [0.2, 0.25) is 0 Å². The summed E-state index contributed by atoms with van der Waals surface area (Å²) in [5.74, 6) is -0.410. The number of thiophene rings is 1. The summed E-state index contributed by atoms with van der Waals surface area (Å²) in [6.45, 7) is 1.74. The van der Waals surface area contributed by atoms with Crippen molar-refractivity contribution in [3.05, 3.63) is 15.9 Å². The van der Waals surface area contributed by atoms with Gasteiger partial charge in [0.25, 0.3) is 10.0 Å². The van der Waals surface area contributed by atoms with Gasteiger partial charge < -0.3 is 11.1 Å². The van der Waals surface area contributed by atoms with Crippen LogP contribution in [0, 0.1) is 0 Å². The summed E-state index contributed by atoms with van der Waals surface area (Å²) >= 11 is 4.26. The van der Waals surface area contributed by atoms with Crippen molar-refractivity contribution in [2.45, 2.75) is 17.2 Å². The maximum Gasteiger partial charge on any atom is 0.250 e. The van der Waals surface area contributed by atoms with Crippen LogP contribution in [0.25, 0.3) is 0 Å². The first kappa shape index (κ1) is 18.8. The van der Waals surface area contributed by atoms with Crippen LogP contribution in [-0.2, 0) is 14.8 Å². The standard InChI is InChI=1S/C9H14BrN3O3S2.ClH/c1-6(4-11)13-8(14)5-12-18(15,16)9-3-2-7(10)17-9;/h2-3,6,12H,4-5,11H2,1H3,(H,13,14);1H/t6-;/m0./s1. The Balaban J connectivity index is 0.00000324. The third kappa shape index (κ3) is 6.19. The third-order valence-corrected chi connectivity index (χ3v) is 5.51. The third-order valence-electron chi connectivity index (χ3n) is 2.00. The van der Waals surface area contributed by atoms with Crippen LogP contribution >= 0.6 is 39.7 Å². The van der Waals surface area contributed by atoms with Crippen molar-refractivity contribution >= 4 is 55.6 Å². The minimum Gasteiger partial charge on any atom is -0.351 e. The minimum atomic E-state index is -3.63. The number of halogens is 2. The van der Waals surface area contributed by atoms with E-state index in [2.05, 4.69) is 26.0 Å². The van der Waals surface area contributed by atoms with E-state index < -0.39 is 15.9 Å². The highest BCUT2D eigenvalue weighted by molar-refractivity contribution is 9.11. The molecule has 0 aliphatic carbocycles. The van der Waals surface area contributed by atoms with Crippen LogP contribution < -0.4 is 15.8 Å². The molecule has 4 N–H and O–H groups in total. The molecule has 1 aromatic heterocycles. The molecule has 0 unspecified atom stereocenters. The first-order valence-electron chi connectivity index (χ1n) is 5.09. The molecule has 0 aromatic carbocycles. The average molecular weight is 393 g/mol. The zero-order chi connectivity index (χ0) is 13.8. The van der Waals surface area contributed by atoms with E-state index in [1.54, 1.807) is 13.0 Å². The fourth-order valence-corrected chi connectivity index (χ4v) is 4.10. The zero-order valence-corrected chi connectivity index (χ0v) is 14.1. The Hall–Kier alpha value is -0.190. The molecular formula is C9H15BrClN3O3S2. The summed E-state index contributed by atoms with van der Waals surface area (Å²) < 4.78 is 26.7. The second-order valence-corrected chi connectivity index (χ2v) is 8.04. The lowest BCUT2D eigenvalue weighted by molar-refractivity contribution is -0.120. The fraction of sp³-hybridized carbons (Fsp3) is 0.444. The predicted octanol–water partition coefficient (Wildman–Crippen LogP) is 0.674. The normalized spacial score (nSPS) is 12.6. The van der Waals surface area contributed by atoms with Gasteiger partial charge in [0.05, 0.1) is 10.3 Å². The summed E-state index contributed by atoms with van der Waals surface area (Å²) in [6, 6.07) is 2.92. The van der Waals surface area contributed by atoms with Crippen molar-refractivity contribution in [2.24, 2.45) is 5.73 Å². The number of nitrogens with one attached hydrogen (secondary N) is 2. The van der Waals surface area contributed by atoms with Crippen LogP contribution in [0.15, 0.2) is 20.1 Å². The van der Waals surface area contributed by atoms with E-state index in [1.165, 1.54) is 6.07 Å². The maximum atomic E-state index is 11.8. The van der Waals surface area contributed by atoms with E-state index in [-0.39, 0.29) is 29.2 Å². The SMILES string of the molecule is C[C@@H](CN)NC(=O)CNS(=O)(=O)c1ccc(Br)s1.Cl.